The Morgan fingerprint density at radius 2 is 2.16 bits per heavy atom. The molecule has 3 rings (SSSR count). The van der Waals surface area contributed by atoms with E-state index in [1.165, 1.54) is 5.57 Å². The van der Waals surface area contributed by atoms with E-state index in [-0.39, 0.29) is 30.4 Å². The van der Waals surface area contributed by atoms with Gasteiger partial charge in [-0.1, -0.05) is 42.4 Å². The van der Waals surface area contributed by atoms with Gasteiger partial charge in [0, 0.05) is 35.7 Å². The first kappa shape index (κ1) is 22.5. The maximum Gasteiger partial charge on any atom is 0.252 e. The first-order valence-corrected chi connectivity index (χ1v) is 10.4. The Kier molecular flexibility index (Phi) is 7.40. The molecule has 1 aromatic heterocycles. The Bertz CT molecular complexity index is 1020. The smallest absolute Gasteiger partial charge is 0.252 e. The summed E-state index contributed by atoms with van der Waals surface area (Å²) in [5.74, 6) is 0.767. The zero-order valence-electron chi connectivity index (χ0n) is 18.0. The van der Waals surface area contributed by atoms with Crippen molar-refractivity contribution in [2.45, 2.75) is 38.8 Å². The lowest BCUT2D eigenvalue weighted by Gasteiger charge is -2.21. The second-order valence-electron chi connectivity index (χ2n) is 7.97. The Balaban J connectivity index is 1.71. The van der Waals surface area contributed by atoms with Crippen LogP contribution in [0.25, 0.3) is 11.3 Å². The topological polar surface area (TPSA) is 111 Å². The molecule has 0 fully saturated rings. The monoisotopic (exact) mass is 420 g/mol. The van der Waals surface area contributed by atoms with Crippen LogP contribution < -0.4 is 10.6 Å². The van der Waals surface area contributed by atoms with Crippen LogP contribution in [0.1, 0.15) is 42.8 Å². The van der Waals surface area contributed by atoms with Crippen molar-refractivity contribution in [3.05, 3.63) is 65.5 Å². The summed E-state index contributed by atoms with van der Waals surface area (Å²) in [6.45, 7) is 6.52. The molecule has 7 heteroatoms. The van der Waals surface area contributed by atoms with Crippen LogP contribution in [0.4, 0.5) is 0 Å². The van der Waals surface area contributed by atoms with E-state index in [4.69, 9.17) is 14.9 Å². The standard InChI is InChI=1S/C24H28N4O3/c1-15-9-18(13-26-17(3)14-29)7-8-21(15)23-11-22(28-31-23)19-5-4-6-20(10-19)24(30)27-16(2)12-25/h4-11,15-17,21,26,29H,13-14H2,1-3H3,(H,27,30). The highest BCUT2D eigenvalue weighted by Crippen LogP contribution is 2.34. The molecule has 1 aliphatic carbocycles. The van der Waals surface area contributed by atoms with Crippen LogP contribution in [0.3, 0.4) is 0 Å². The van der Waals surface area contributed by atoms with Crippen LogP contribution in [0, 0.1) is 17.2 Å². The second-order valence-corrected chi connectivity index (χ2v) is 7.97. The van der Waals surface area contributed by atoms with Gasteiger partial charge in [-0.25, -0.2) is 0 Å². The average Bonchev–Trinajstić information content (AvgIpc) is 3.27. The molecule has 0 saturated heterocycles. The number of nitrogens with one attached hydrogen (secondary N) is 2. The molecule has 4 atom stereocenters. The molecule has 4 unspecified atom stereocenters. The zero-order valence-corrected chi connectivity index (χ0v) is 18.0. The number of aliphatic hydroxyl groups excluding tert-OH is 1. The molecule has 2 aromatic rings. The van der Waals surface area contributed by atoms with Crippen LogP contribution in [-0.4, -0.2) is 41.4 Å². The van der Waals surface area contributed by atoms with Gasteiger partial charge in [-0.2, -0.15) is 5.26 Å². The minimum Gasteiger partial charge on any atom is -0.395 e. The molecule has 3 N–H and O–H groups in total. The number of rotatable bonds is 8. The van der Waals surface area contributed by atoms with Crippen molar-refractivity contribution in [1.82, 2.24) is 15.8 Å². The predicted octanol–water partition coefficient (Wildman–Crippen LogP) is 3.17. The third kappa shape index (κ3) is 5.69. The number of aromatic nitrogens is 1. The number of hydrogen-bond acceptors (Lipinski definition) is 6. The lowest BCUT2D eigenvalue weighted by Crippen LogP contribution is -2.31. The molecule has 162 valence electrons. The summed E-state index contributed by atoms with van der Waals surface area (Å²) in [6, 6.07) is 10.5. The summed E-state index contributed by atoms with van der Waals surface area (Å²) < 4.78 is 5.64. The van der Waals surface area contributed by atoms with E-state index in [1.807, 2.05) is 25.1 Å². The first-order valence-electron chi connectivity index (χ1n) is 10.4. The van der Waals surface area contributed by atoms with Crippen LogP contribution in [0.2, 0.25) is 0 Å². The molecule has 1 amide bonds. The Morgan fingerprint density at radius 3 is 2.87 bits per heavy atom. The van der Waals surface area contributed by atoms with Crippen molar-refractivity contribution in [1.29, 1.82) is 5.26 Å². The number of carbonyl (C=O) groups excluding carboxylic acids is 1. The van der Waals surface area contributed by atoms with Crippen molar-refractivity contribution in [2.75, 3.05) is 13.2 Å². The first-order chi connectivity index (χ1) is 14.9. The summed E-state index contributed by atoms with van der Waals surface area (Å²) in [5.41, 5.74) is 3.08. The van der Waals surface area contributed by atoms with Crippen molar-refractivity contribution in [3.8, 4) is 17.3 Å². The molecular weight excluding hydrogens is 392 g/mol. The Morgan fingerprint density at radius 1 is 1.35 bits per heavy atom. The van der Waals surface area contributed by atoms with Gasteiger partial charge in [0.05, 0.1) is 12.7 Å². The van der Waals surface area contributed by atoms with E-state index in [1.54, 1.807) is 25.1 Å². The van der Waals surface area contributed by atoms with Crippen LogP contribution in [-0.2, 0) is 0 Å². The second kappa shape index (κ2) is 10.2. The summed E-state index contributed by atoms with van der Waals surface area (Å²) in [5, 5.41) is 28.1. The average molecular weight is 421 g/mol. The van der Waals surface area contributed by atoms with Crippen LogP contribution in [0.5, 0.6) is 0 Å². The lowest BCUT2D eigenvalue weighted by molar-refractivity contribution is 0.0948. The molecule has 1 aliphatic rings. The van der Waals surface area contributed by atoms with E-state index < -0.39 is 6.04 Å². The van der Waals surface area contributed by atoms with Gasteiger partial charge in [-0.05, 0) is 37.5 Å². The number of amides is 1. The highest BCUT2D eigenvalue weighted by molar-refractivity contribution is 5.95. The molecular formula is C24H28N4O3. The van der Waals surface area contributed by atoms with E-state index in [9.17, 15) is 4.79 Å². The minimum absolute atomic E-state index is 0.0557. The molecule has 0 radical (unpaired) electrons. The number of allylic oxidation sites excluding steroid dienone is 2. The number of benzene rings is 1. The molecule has 7 nitrogen and oxygen atoms in total. The molecule has 31 heavy (non-hydrogen) atoms. The van der Waals surface area contributed by atoms with Gasteiger partial charge in [0.25, 0.3) is 5.91 Å². The van der Waals surface area contributed by atoms with E-state index >= 15 is 0 Å². The van der Waals surface area contributed by atoms with Gasteiger partial charge in [-0.3, -0.25) is 4.79 Å². The Hall–Kier alpha value is -3.21. The molecule has 1 heterocycles. The lowest BCUT2D eigenvalue weighted by atomic mass is 9.85. The third-order valence-electron chi connectivity index (χ3n) is 5.31. The summed E-state index contributed by atoms with van der Waals surface area (Å²) in [6.07, 6.45) is 6.39. The quantitative estimate of drug-likeness (QED) is 0.605. The Labute approximate surface area is 182 Å². The van der Waals surface area contributed by atoms with Gasteiger partial charge in [0.1, 0.15) is 17.5 Å². The fourth-order valence-electron chi connectivity index (χ4n) is 3.44. The zero-order chi connectivity index (χ0) is 22.4. The summed E-state index contributed by atoms with van der Waals surface area (Å²) in [4.78, 5) is 12.3. The minimum atomic E-state index is -0.561. The molecule has 0 bridgehead atoms. The number of carbonyl (C=O) groups is 1. The highest BCUT2D eigenvalue weighted by Gasteiger charge is 2.23. The van der Waals surface area contributed by atoms with Gasteiger partial charge in [0.2, 0.25) is 0 Å². The van der Waals surface area contributed by atoms with Crippen molar-refractivity contribution in [2.24, 2.45) is 5.92 Å². The van der Waals surface area contributed by atoms with Gasteiger partial charge < -0.3 is 20.3 Å². The van der Waals surface area contributed by atoms with Crippen molar-refractivity contribution >= 4 is 5.91 Å². The summed E-state index contributed by atoms with van der Waals surface area (Å²) >= 11 is 0. The predicted molar refractivity (Wildman–Crippen MR) is 118 cm³/mol. The number of aliphatic hydroxyl groups is 1. The largest absolute Gasteiger partial charge is 0.395 e. The van der Waals surface area contributed by atoms with Gasteiger partial charge in [0.15, 0.2) is 0 Å². The van der Waals surface area contributed by atoms with Crippen LogP contribution in [0.15, 0.2) is 58.7 Å². The van der Waals surface area contributed by atoms with Gasteiger partial charge >= 0.3 is 0 Å². The van der Waals surface area contributed by atoms with Crippen LogP contribution >= 0.6 is 0 Å². The highest BCUT2D eigenvalue weighted by atomic mass is 16.5. The number of nitrogens with zero attached hydrogens (tertiary/aromatic N) is 2. The molecule has 0 aliphatic heterocycles. The number of hydrogen-bond donors (Lipinski definition) is 3. The normalized spacial score (nSPS) is 19.9. The van der Waals surface area contributed by atoms with Gasteiger partial charge in [-0.15, -0.1) is 0 Å². The molecule has 0 saturated carbocycles. The maximum absolute atomic E-state index is 12.3. The third-order valence-corrected chi connectivity index (χ3v) is 5.31. The van der Waals surface area contributed by atoms with E-state index in [2.05, 4.69) is 40.9 Å². The van der Waals surface area contributed by atoms with E-state index in [0.29, 0.717) is 17.8 Å². The fraction of sp³-hybridized carbons (Fsp3) is 0.375. The molecule has 0 spiro atoms. The fourth-order valence-corrected chi connectivity index (χ4v) is 3.44. The molecule has 1 aromatic carbocycles. The van der Waals surface area contributed by atoms with Crippen molar-refractivity contribution < 1.29 is 14.4 Å². The number of nitriles is 1. The van der Waals surface area contributed by atoms with Crippen molar-refractivity contribution in [3.63, 3.8) is 0 Å². The maximum atomic E-state index is 12.3. The van der Waals surface area contributed by atoms with E-state index in [0.717, 1.165) is 11.3 Å². The summed E-state index contributed by atoms with van der Waals surface area (Å²) in [7, 11) is 0. The SMILES string of the molecule is CC(C#N)NC(=O)c1cccc(-c2cc(C3C=CC(CNC(C)CO)=CC3C)on2)c1.